The van der Waals surface area contributed by atoms with Crippen molar-refractivity contribution in [1.29, 1.82) is 5.26 Å². The summed E-state index contributed by atoms with van der Waals surface area (Å²) in [5, 5.41) is 29.9. The minimum absolute atomic E-state index is 0.0200. The zero-order valence-electron chi connectivity index (χ0n) is 15.3. The highest BCUT2D eigenvalue weighted by Crippen LogP contribution is 2.40. The second kappa shape index (κ2) is 6.99. The van der Waals surface area contributed by atoms with Crippen molar-refractivity contribution in [2.24, 2.45) is 0 Å². The van der Waals surface area contributed by atoms with Crippen LogP contribution >= 0.6 is 0 Å². The molecule has 4 rings (SSSR count). The fourth-order valence-electron chi connectivity index (χ4n) is 3.58. The number of rotatable bonds is 3. The van der Waals surface area contributed by atoms with Crippen LogP contribution in [0.25, 0.3) is 11.1 Å². The van der Waals surface area contributed by atoms with Crippen molar-refractivity contribution in [3.63, 3.8) is 0 Å². The van der Waals surface area contributed by atoms with Crippen LogP contribution < -0.4 is 0 Å². The molecule has 6 heteroatoms. The van der Waals surface area contributed by atoms with Crippen molar-refractivity contribution in [2.45, 2.75) is 6.29 Å². The summed E-state index contributed by atoms with van der Waals surface area (Å²) in [4.78, 5) is 26.3. The Labute approximate surface area is 166 Å². The summed E-state index contributed by atoms with van der Waals surface area (Å²) >= 11 is 0. The second-order valence-corrected chi connectivity index (χ2v) is 6.59. The number of ether oxygens (including phenoxy) is 1. The molecule has 0 spiro atoms. The molecule has 0 bridgehead atoms. The normalized spacial score (nSPS) is 13.4. The van der Waals surface area contributed by atoms with Crippen LogP contribution in [0.15, 0.2) is 54.6 Å². The summed E-state index contributed by atoms with van der Waals surface area (Å²) in [6.45, 7) is 0. The number of nitrogens with zero attached hydrogens (tertiary/aromatic N) is 1. The molecule has 6 nitrogen and oxygen atoms in total. The first-order valence-corrected chi connectivity index (χ1v) is 8.77. The van der Waals surface area contributed by atoms with Gasteiger partial charge in [0.25, 0.3) is 0 Å². The molecular formula is C23H15NO5. The first-order chi connectivity index (χ1) is 14.0. The maximum Gasteiger partial charge on any atom is 0.198 e. The molecule has 3 aromatic carbocycles. The molecule has 0 amide bonds. The number of aromatic hydroxyl groups is 1. The van der Waals surface area contributed by atoms with Gasteiger partial charge in [0.05, 0.1) is 17.2 Å². The number of aliphatic hydroxyl groups excluding tert-OH is 1. The van der Waals surface area contributed by atoms with E-state index in [9.17, 15) is 19.8 Å². The van der Waals surface area contributed by atoms with E-state index in [0.717, 1.165) is 0 Å². The Morgan fingerprint density at radius 3 is 2.21 bits per heavy atom. The highest BCUT2D eigenvalue weighted by atomic mass is 16.6. The quantitative estimate of drug-likeness (QED) is 0.524. The third-order valence-electron chi connectivity index (χ3n) is 5.03. The summed E-state index contributed by atoms with van der Waals surface area (Å²) in [5.74, 6) is -1.30. The van der Waals surface area contributed by atoms with Gasteiger partial charge in [0.1, 0.15) is 5.75 Å². The molecule has 0 radical (unpaired) electrons. The minimum Gasteiger partial charge on any atom is -0.507 e. The molecule has 0 fully saturated rings. The monoisotopic (exact) mass is 385 g/mol. The van der Waals surface area contributed by atoms with E-state index in [4.69, 9.17) is 10.00 Å². The van der Waals surface area contributed by atoms with Gasteiger partial charge in [0, 0.05) is 34.9 Å². The number of hydrogen-bond donors (Lipinski definition) is 2. The number of phenols is 1. The number of aliphatic hydroxyl groups is 1. The standard InChI is InChI=1S/C23H15NO5/c1-29-23(28)17-4-2-3-15-18(17)22(27)19-16(20(15)25)10-9-14(21(19)26)13-7-5-12(11-24)6-8-13/h2-10,23,26,28H,1H3. The number of carbonyl (C=O) groups excluding carboxylic acids is 2. The van der Waals surface area contributed by atoms with Gasteiger partial charge in [-0.15, -0.1) is 0 Å². The summed E-state index contributed by atoms with van der Waals surface area (Å²) in [7, 11) is 1.29. The summed E-state index contributed by atoms with van der Waals surface area (Å²) in [6.07, 6.45) is -1.38. The van der Waals surface area contributed by atoms with Crippen LogP contribution in [0.1, 0.15) is 49.3 Å². The van der Waals surface area contributed by atoms with E-state index in [-0.39, 0.29) is 33.6 Å². The fraction of sp³-hybridized carbons (Fsp3) is 0.0870. The molecule has 0 saturated heterocycles. The van der Waals surface area contributed by atoms with Gasteiger partial charge in [-0.2, -0.15) is 5.26 Å². The summed E-state index contributed by atoms with van der Waals surface area (Å²) in [6, 6.07) is 16.2. The van der Waals surface area contributed by atoms with Crippen molar-refractivity contribution in [3.8, 4) is 22.9 Å². The van der Waals surface area contributed by atoms with Crippen LogP contribution in [0.3, 0.4) is 0 Å². The van der Waals surface area contributed by atoms with Gasteiger partial charge >= 0.3 is 0 Å². The van der Waals surface area contributed by atoms with Gasteiger partial charge < -0.3 is 14.9 Å². The Kier molecular flexibility index (Phi) is 4.47. The topological polar surface area (TPSA) is 108 Å². The third-order valence-corrected chi connectivity index (χ3v) is 5.03. The fourth-order valence-corrected chi connectivity index (χ4v) is 3.58. The van der Waals surface area contributed by atoms with Crippen molar-refractivity contribution < 1.29 is 24.5 Å². The second-order valence-electron chi connectivity index (χ2n) is 6.59. The van der Waals surface area contributed by atoms with E-state index in [1.807, 2.05) is 6.07 Å². The van der Waals surface area contributed by atoms with Crippen LogP contribution in [-0.2, 0) is 4.74 Å². The molecule has 1 unspecified atom stereocenters. The van der Waals surface area contributed by atoms with Gasteiger partial charge in [-0.05, 0) is 29.8 Å². The zero-order chi connectivity index (χ0) is 20.7. The van der Waals surface area contributed by atoms with Gasteiger partial charge in [-0.1, -0.05) is 30.3 Å². The smallest absolute Gasteiger partial charge is 0.198 e. The lowest BCUT2D eigenvalue weighted by Crippen LogP contribution is -2.24. The highest BCUT2D eigenvalue weighted by molar-refractivity contribution is 6.30. The number of nitriles is 1. The Hall–Kier alpha value is -3.79. The van der Waals surface area contributed by atoms with Crippen molar-refractivity contribution >= 4 is 11.6 Å². The largest absolute Gasteiger partial charge is 0.507 e. The lowest BCUT2D eigenvalue weighted by molar-refractivity contribution is -0.0772. The van der Waals surface area contributed by atoms with E-state index in [1.165, 1.54) is 25.3 Å². The number of hydrogen-bond acceptors (Lipinski definition) is 6. The van der Waals surface area contributed by atoms with Crippen molar-refractivity contribution in [3.05, 3.63) is 88.0 Å². The van der Waals surface area contributed by atoms with Gasteiger partial charge in [-0.25, -0.2) is 0 Å². The van der Waals surface area contributed by atoms with Crippen molar-refractivity contribution in [2.75, 3.05) is 7.11 Å². The first-order valence-electron chi connectivity index (χ1n) is 8.77. The molecule has 142 valence electrons. The summed E-state index contributed by atoms with van der Waals surface area (Å²) < 4.78 is 4.92. The molecule has 0 aromatic heterocycles. The Morgan fingerprint density at radius 1 is 0.897 bits per heavy atom. The van der Waals surface area contributed by atoms with Crippen LogP contribution in [0, 0.1) is 11.3 Å². The number of fused-ring (bicyclic) bond motifs is 2. The van der Waals surface area contributed by atoms with Crippen LogP contribution in [0.5, 0.6) is 5.75 Å². The van der Waals surface area contributed by atoms with Gasteiger partial charge in [0.2, 0.25) is 0 Å². The molecule has 1 atom stereocenters. The Balaban J connectivity index is 1.92. The molecule has 2 N–H and O–H groups in total. The minimum atomic E-state index is -1.38. The van der Waals surface area contributed by atoms with Crippen LogP contribution in [0.4, 0.5) is 0 Å². The number of ketones is 2. The molecule has 29 heavy (non-hydrogen) atoms. The lowest BCUT2D eigenvalue weighted by Gasteiger charge is -2.23. The average molecular weight is 385 g/mol. The Bertz CT molecular complexity index is 1210. The molecule has 0 aliphatic heterocycles. The highest BCUT2D eigenvalue weighted by Gasteiger charge is 2.35. The van der Waals surface area contributed by atoms with Gasteiger partial charge in [0.15, 0.2) is 17.9 Å². The molecular weight excluding hydrogens is 370 g/mol. The number of methoxy groups -OCH3 is 1. The van der Waals surface area contributed by atoms with E-state index in [0.29, 0.717) is 16.7 Å². The van der Waals surface area contributed by atoms with E-state index < -0.39 is 17.9 Å². The SMILES string of the molecule is COC(O)c1cccc2c1C(=O)c1c(ccc(-c3ccc(C#N)cc3)c1O)C2=O. The predicted octanol–water partition coefficient (Wildman–Crippen LogP) is 3.34. The number of carbonyl (C=O) groups is 2. The lowest BCUT2D eigenvalue weighted by atomic mass is 9.80. The molecule has 1 aliphatic carbocycles. The van der Waals surface area contributed by atoms with Crippen molar-refractivity contribution in [1.82, 2.24) is 0 Å². The maximum atomic E-state index is 13.3. The van der Waals surface area contributed by atoms with E-state index in [1.54, 1.807) is 36.4 Å². The Morgan fingerprint density at radius 2 is 1.55 bits per heavy atom. The number of phenolic OH excluding ortho intramolecular Hbond substituents is 1. The average Bonchev–Trinajstić information content (AvgIpc) is 2.76. The zero-order valence-corrected chi connectivity index (χ0v) is 15.3. The molecule has 1 aliphatic rings. The third kappa shape index (κ3) is 2.81. The van der Waals surface area contributed by atoms with Crippen LogP contribution in [-0.4, -0.2) is 28.9 Å². The van der Waals surface area contributed by atoms with Crippen LogP contribution in [0.2, 0.25) is 0 Å². The maximum absolute atomic E-state index is 13.3. The first kappa shape index (κ1) is 18.6. The number of benzene rings is 3. The molecule has 3 aromatic rings. The molecule has 0 heterocycles. The van der Waals surface area contributed by atoms with E-state index >= 15 is 0 Å². The van der Waals surface area contributed by atoms with Gasteiger partial charge in [-0.3, -0.25) is 9.59 Å². The predicted molar refractivity (Wildman–Crippen MR) is 104 cm³/mol. The molecule has 0 saturated carbocycles. The van der Waals surface area contributed by atoms with E-state index in [2.05, 4.69) is 0 Å². The summed E-state index contributed by atoms with van der Waals surface area (Å²) in [5.41, 5.74) is 1.75.